The number of fused-ring (bicyclic) bond motifs is 1. The number of H-pyrrole nitrogens is 2. The summed E-state index contributed by atoms with van der Waals surface area (Å²) in [5.41, 5.74) is 1.59. The Morgan fingerprint density at radius 2 is 2.29 bits per heavy atom. The minimum atomic E-state index is -0.0522. The lowest BCUT2D eigenvalue weighted by Crippen LogP contribution is -2.36. The molecule has 2 heterocycles. The molecule has 0 saturated heterocycles. The summed E-state index contributed by atoms with van der Waals surface area (Å²) in [5.74, 6) is 0.137. The average Bonchev–Trinajstić information content (AvgIpc) is 2.59. The first kappa shape index (κ1) is 9.05. The van der Waals surface area contributed by atoms with E-state index in [2.05, 4.69) is 10.2 Å². The van der Waals surface area contributed by atoms with Crippen LogP contribution < -0.4 is 5.56 Å². The monoisotopic (exact) mass is 195 g/mol. The molecule has 0 bridgehead atoms. The molecule has 1 aromatic heterocycles. The topological polar surface area (TPSA) is 69.0 Å². The summed E-state index contributed by atoms with van der Waals surface area (Å²) >= 11 is 0. The van der Waals surface area contributed by atoms with Crippen LogP contribution in [0.15, 0.2) is 4.79 Å². The number of aromatic amines is 2. The number of rotatable bonds is 1. The first-order chi connectivity index (χ1) is 6.72. The third-order valence-electron chi connectivity index (χ3n) is 2.60. The Balaban J connectivity index is 2.22. The largest absolute Gasteiger partial charge is 0.336 e. The number of carbonyl (C=O) groups is 1. The molecule has 0 radical (unpaired) electrons. The van der Waals surface area contributed by atoms with E-state index in [-0.39, 0.29) is 11.5 Å². The van der Waals surface area contributed by atoms with E-state index in [0.717, 1.165) is 11.3 Å². The molecule has 0 spiro atoms. The van der Waals surface area contributed by atoms with Gasteiger partial charge in [0.05, 0.1) is 12.2 Å². The predicted octanol–water partition coefficient (Wildman–Crippen LogP) is -0.00230. The van der Waals surface area contributed by atoms with Crippen LogP contribution in [0.25, 0.3) is 0 Å². The summed E-state index contributed by atoms with van der Waals surface area (Å²) < 4.78 is 0. The van der Waals surface area contributed by atoms with Crippen LogP contribution in [0.2, 0.25) is 0 Å². The third kappa shape index (κ3) is 1.34. The van der Waals surface area contributed by atoms with Crippen molar-refractivity contribution in [3.05, 3.63) is 21.6 Å². The van der Waals surface area contributed by atoms with Gasteiger partial charge in [0.2, 0.25) is 5.91 Å². The molecule has 0 aliphatic carbocycles. The fraction of sp³-hybridized carbons (Fsp3) is 0.556. The lowest BCUT2D eigenvalue weighted by atomic mass is 10.1. The van der Waals surface area contributed by atoms with Crippen molar-refractivity contribution < 1.29 is 4.79 Å². The second-order valence-corrected chi connectivity index (χ2v) is 3.46. The van der Waals surface area contributed by atoms with E-state index in [4.69, 9.17) is 0 Å². The second kappa shape index (κ2) is 3.32. The molecule has 1 aromatic rings. The summed E-state index contributed by atoms with van der Waals surface area (Å²) in [6, 6.07) is 0. The lowest BCUT2D eigenvalue weighted by Gasteiger charge is -2.25. The third-order valence-corrected chi connectivity index (χ3v) is 2.60. The zero-order valence-electron chi connectivity index (χ0n) is 8.09. The molecule has 5 nitrogen and oxygen atoms in total. The molecular weight excluding hydrogens is 182 g/mol. The van der Waals surface area contributed by atoms with Gasteiger partial charge in [-0.2, -0.15) is 0 Å². The van der Waals surface area contributed by atoms with Gasteiger partial charge in [0, 0.05) is 18.5 Å². The maximum absolute atomic E-state index is 11.4. The highest BCUT2D eigenvalue weighted by Gasteiger charge is 2.22. The number of nitrogens with one attached hydrogen (secondary N) is 2. The van der Waals surface area contributed by atoms with E-state index in [9.17, 15) is 9.59 Å². The Labute approximate surface area is 81.1 Å². The molecule has 1 aliphatic rings. The van der Waals surface area contributed by atoms with Crippen molar-refractivity contribution in [3.8, 4) is 0 Å². The highest BCUT2D eigenvalue weighted by atomic mass is 16.2. The van der Waals surface area contributed by atoms with Gasteiger partial charge in [-0.25, -0.2) is 0 Å². The first-order valence-corrected chi connectivity index (χ1v) is 4.78. The quantitative estimate of drug-likeness (QED) is 0.662. The highest BCUT2D eigenvalue weighted by molar-refractivity contribution is 5.76. The molecule has 1 amide bonds. The Morgan fingerprint density at radius 3 is 3.00 bits per heavy atom. The summed E-state index contributed by atoms with van der Waals surface area (Å²) in [5, 5.41) is 5.34. The fourth-order valence-corrected chi connectivity index (χ4v) is 1.77. The maximum Gasteiger partial charge on any atom is 0.267 e. The first-order valence-electron chi connectivity index (χ1n) is 4.78. The Morgan fingerprint density at radius 1 is 1.50 bits per heavy atom. The summed E-state index contributed by atoms with van der Waals surface area (Å²) in [4.78, 5) is 24.4. The molecule has 0 aromatic carbocycles. The number of carbonyl (C=O) groups excluding carboxylic acids is 1. The van der Waals surface area contributed by atoms with E-state index < -0.39 is 0 Å². The zero-order chi connectivity index (χ0) is 10.1. The SMILES string of the molecule is CCC(=O)N1CCc2c([nH][nH]c2=O)C1. The highest BCUT2D eigenvalue weighted by Crippen LogP contribution is 2.13. The average molecular weight is 195 g/mol. The van der Waals surface area contributed by atoms with E-state index in [0.29, 0.717) is 25.9 Å². The van der Waals surface area contributed by atoms with Gasteiger partial charge in [0.25, 0.3) is 5.56 Å². The maximum atomic E-state index is 11.4. The van der Waals surface area contributed by atoms with Crippen LogP contribution in [0.5, 0.6) is 0 Å². The number of amides is 1. The Hall–Kier alpha value is -1.52. The van der Waals surface area contributed by atoms with Crippen molar-refractivity contribution in [1.82, 2.24) is 15.1 Å². The molecule has 2 N–H and O–H groups in total. The summed E-state index contributed by atoms with van der Waals surface area (Å²) in [6.07, 6.45) is 1.17. The van der Waals surface area contributed by atoms with Gasteiger partial charge in [-0.15, -0.1) is 0 Å². The molecule has 0 atom stereocenters. The van der Waals surface area contributed by atoms with Crippen LogP contribution in [-0.4, -0.2) is 27.5 Å². The molecule has 0 unspecified atom stereocenters. The van der Waals surface area contributed by atoms with E-state index in [1.165, 1.54) is 0 Å². The minimum Gasteiger partial charge on any atom is -0.336 e. The van der Waals surface area contributed by atoms with Crippen LogP contribution in [0, 0.1) is 0 Å². The van der Waals surface area contributed by atoms with E-state index in [1.54, 1.807) is 4.90 Å². The molecule has 76 valence electrons. The molecule has 0 saturated carbocycles. The van der Waals surface area contributed by atoms with Gasteiger partial charge in [0.15, 0.2) is 0 Å². The van der Waals surface area contributed by atoms with Crippen LogP contribution in [0.4, 0.5) is 0 Å². The van der Waals surface area contributed by atoms with Crippen LogP contribution in [0.3, 0.4) is 0 Å². The van der Waals surface area contributed by atoms with Crippen molar-refractivity contribution in [2.45, 2.75) is 26.3 Å². The van der Waals surface area contributed by atoms with Crippen molar-refractivity contribution in [3.63, 3.8) is 0 Å². The van der Waals surface area contributed by atoms with E-state index in [1.807, 2.05) is 6.92 Å². The fourth-order valence-electron chi connectivity index (χ4n) is 1.77. The van der Waals surface area contributed by atoms with Crippen molar-refractivity contribution >= 4 is 5.91 Å². The lowest BCUT2D eigenvalue weighted by molar-refractivity contribution is -0.131. The normalized spacial score (nSPS) is 15.4. The van der Waals surface area contributed by atoms with Crippen molar-refractivity contribution in [2.24, 2.45) is 0 Å². The van der Waals surface area contributed by atoms with Gasteiger partial charge >= 0.3 is 0 Å². The summed E-state index contributed by atoms with van der Waals surface area (Å²) in [7, 11) is 0. The molecule has 5 heteroatoms. The smallest absolute Gasteiger partial charge is 0.267 e. The van der Waals surface area contributed by atoms with Crippen LogP contribution >= 0.6 is 0 Å². The van der Waals surface area contributed by atoms with Gasteiger partial charge in [-0.05, 0) is 6.42 Å². The Kier molecular flexibility index (Phi) is 2.15. The second-order valence-electron chi connectivity index (χ2n) is 3.46. The van der Waals surface area contributed by atoms with Crippen LogP contribution in [0.1, 0.15) is 24.6 Å². The van der Waals surface area contributed by atoms with Crippen LogP contribution in [-0.2, 0) is 17.8 Å². The molecule has 0 fully saturated rings. The molecular formula is C9H13N3O2. The Bertz CT molecular complexity index is 404. The summed E-state index contributed by atoms with van der Waals surface area (Å²) in [6.45, 7) is 3.03. The van der Waals surface area contributed by atoms with Crippen molar-refractivity contribution in [2.75, 3.05) is 6.54 Å². The number of hydrogen-bond acceptors (Lipinski definition) is 2. The number of hydrogen-bond donors (Lipinski definition) is 2. The zero-order valence-corrected chi connectivity index (χ0v) is 8.09. The molecule has 2 rings (SSSR count). The van der Waals surface area contributed by atoms with Gasteiger partial charge in [-0.3, -0.25) is 14.7 Å². The number of nitrogens with zero attached hydrogens (tertiary/aromatic N) is 1. The van der Waals surface area contributed by atoms with Crippen molar-refractivity contribution in [1.29, 1.82) is 0 Å². The van der Waals surface area contributed by atoms with Gasteiger partial charge in [0.1, 0.15) is 0 Å². The number of aromatic nitrogens is 2. The molecule has 1 aliphatic heterocycles. The standard InChI is InChI=1S/C9H13N3O2/c1-2-8(13)12-4-3-6-7(5-12)10-11-9(6)14/h2-5H2,1H3,(H2,10,11,14). The van der Waals surface area contributed by atoms with Gasteiger partial charge in [-0.1, -0.05) is 6.92 Å². The minimum absolute atomic E-state index is 0.0522. The predicted molar refractivity (Wildman–Crippen MR) is 50.8 cm³/mol. The van der Waals surface area contributed by atoms with E-state index >= 15 is 0 Å². The molecule has 14 heavy (non-hydrogen) atoms. The van der Waals surface area contributed by atoms with Gasteiger partial charge < -0.3 is 10.00 Å².